The summed E-state index contributed by atoms with van der Waals surface area (Å²) in [5.74, 6) is 10.4. The molecule has 0 aromatic heterocycles. The first-order valence-electron chi connectivity index (χ1n) is 9.88. The smallest absolute Gasteiger partial charge is 0.415 e. The Morgan fingerprint density at radius 2 is 2.19 bits per heavy atom. The summed E-state index contributed by atoms with van der Waals surface area (Å²) in [6, 6.07) is 3.47. The number of phenols is 1. The minimum Gasteiger partial charge on any atom is -0.508 e. The average molecular weight is 417 g/mol. The van der Waals surface area contributed by atoms with E-state index in [1.165, 1.54) is 41.3 Å². The molecule has 1 aromatic rings. The average Bonchev–Trinajstić information content (AvgIpc) is 3.47. The number of ketones is 1. The van der Waals surface area contributed by atoms with E-state index in [2.05, 4.69) is 30.3 Å². The first kappa shape index (κ1) is 19.4. The van der Waals surface area contributed by atoms with Crippen LogP contribution in [0, 0.1) is 29.6 Å². The van der Waals surface area contributed by atoms with E-state index >= 15 is 0 Å². The van der Waals surface area contributed by atoms with Gasteiger partial charge >= 0.3 is 6.09 Å². The van der Waals surface area contributed by atoms with Crippen molar-refractivity contribution in [1.29, 1.82) is 0 Å². The largest absolute Gasteiger partial charge is 0.508 e. The number of carbonyl (C=O) groups is 2. The van der Waals surface area contributed by atoms with Crippen molar-refractivity contribution in [2.45, 2.75) is 36.2 Å². The van der Waals surface area contributed by atoms with E-state index < -0.39 is 40.6 Å². The van der Waals surface area contributed by atoms with Gasteiger partial charge < -0.3 is 19.7 Å². The number of hydrogen-bond donors (Lipinski definition) is 2. The molecule has 1 aromatic carbocycles. The molecule has 2 aliphatic carbocycles. The maximum Gasteiger partial charge on any atom is 0.415 e. The second-order valence-electron chi connectivity index (χ2n) is 8.05. The number of allylic oxidation sites excluding steroid dienone is 2. The summed E-state index contributed by atoms with van der Waals surface area (Å²) in [6.07, 6.45) is 3.70. The van der Waals surface area contributed by atoms with Gasteiger partial charge in [0, 0.05) is 12.0 Å². The molecule has 1 amide bonds. The number of anilines is 1. The van der Waals surface area contributed by atoms with Crippen molar-refractivity contribution in [3.8, 4) is 29.4 Å². The molecule has 5 atom stereocenters. The van der Waals surface area contributed by atoms with E-state index in [4.69, 9.17) is 9.47 Å². The third kappa shape index (κ3) is 2.17. The normalized spacial score (nSPS) is 35.9. The van der Waals surface area contributed by atoms with Gasteiger partial charge in [-0.05, 0) is 36.3 Å². The standard InChI is InChI=1S/C24H19NO6/c1-3-12-30-21(28)25-18-10-9-16(26)14-17(18)24-22(29)11-7-5-4-6-8-19(25)23(24,31-24)15(2)13-20(22)27/h3-5,9-10,14-15,19,26,29H,1,12-13H2,2H3. The molecule has 7 nitrogen and oxygen atoms in total. The number of benzene rings is 1. The molecular weight excluding hydrogens is 398 g/mol. The molecule has 5 unspecified atom stereocenters. The van der Waals surface area contributed by atoms with Crippen molar-refractivity contribution < 1.29 is 29.3 Å². The Balaban J connectivity index is 1.86. The zero-order valence-electron chi connectivity index (χ0n) is 16.7. The van der Waals surface area contributed by atoms with Crippen LogP contribution in [0.2, 0.25) is 0 Å². The number of aliphatic hydroxyl groups is 1. The lowest BCUT2D eigenvalue weighted by Crippen LogP contribution is -2.67. The van der Waals surface area contributed by atoms with Crippen LogP contribution in [0.3, 0.4) is 0 Å². The molecule has 2 aliphatic heterocycles. The van der Waals surface area contributed by atoms with Gasteiger partial charge in [0.2, 0.25) is 5.60 Å². The molecule has 31 heavy (non-hydrogen) atoms. The molecular formula is C24H19NO6. The number of ether oxygens (including phenoxy) is 2. The summed E-state index contributed by atoms with van der Waals surface area (Å²) in [6.45, 7) is 5.39. The van der Waals surface area contributed by atoms with Crippen molar-refractivity contribution in [1.82, 2.24) is 0 Å². The summed E-state index contributed by atoms with van der Waals surface area (Å²) in [7, 11) is 0. The van der Waals surface area contributed by atoms with Gasteiger partial charge in [-0.15, -0.1) is 0 Å². The highest BCUT2D eigenvalue weighted by Crippen LogP contribution is 2.74. The number of phenolic OH excluding ortho intramolecular Hbond substituents is 1. The summed E-state index contributed by atoms with van der Waals surface area (Å²) >= 11 is 0. The lowest BCUT2D eigenvalue weighted by Gasteiger charge is -2.47. The van der Waals surface area contributed by atoms with Gasteiger partial charge in [0.25, 0.3) is 0 Å². The molecule has 0 spiro atoms. The molecule has 0 radical (unpaired) electrons. The number of hydrogen-bond acceptors (Lipinski definition) is 6. The predicted molar refractivity (Wildman–Crippen MR) is 110 cm³/mol. The van der Waals surface area contributed by atoms with Crippen molar-refractivity contribution >= 4 is 17.6 Å². The fourth-order valence-electron chi connectivity index (χ4n) is 5.22. The van der Waals surface area contributed by atoms with Crippen LogP contribution < -0.4 is 4.90 Å². The topological polar surface area (TPSA) is 99.6 Å². The highest BCUT2D eigenvalue weighted by Gasteiger charge is 2.90. The third-order valence-corrected chi connectivity index (χ3v) is 6.50. The van der Waals surface area contributed by atoms with Crippen LogP contribution in [0.5, 0.6) is 5.75 Å². The van der Waals surface area contributed by atoms with E-state index in [-0.39, 0.29) is 18.8 Å². The van der Waals surface area contributed by atoms with E-state index in [1.807, 2.05) is 6.92 Å². The number of aromatic hydroxyl groups is 1. The van der Waals surface area contributed by atoms with Crippen molar-refractivity contribution in [2.24, 2.45) is 5.92 Å². The van der Waals surface area contributed by atoms with Gasteiger partial charge in [0.1, 0.15) is 24.0 Å². The monoisotopic (exact) mass is 417 g/mol. The van der Waals surface area contributed by atoms with Crippen LogP contribution in [0.4, 0.5) is 10.5 Å². The van der Waals surface area contributed by atoms with E-state index in [1.54, 1.807) is 0 Å². The highest BCUT2D eigenvalue weighted by molar-refractivity contribution is 6.00. The first-order chi connectivity index (χ1) is 14.8. The zero-order chi connectivity index (χ0) is 22.0. The molecule has 4 aliphatic rings. The number of rotatable bonds is 2. The minimum absolute atomic E-state index is 0.00147. The second-order valence-corrected chi connectivity index (χ2v) is 8.05. The number of amides is 1. The Morgan fingerprint density at radius 1 is 1.42 bits per heavy atom. The molecule has 5 rings (SSSR count). The van der Waals surface area contributed by atoms with Crippen LogP contribution in [-0.2, 0) is 19.9 Å². The van der Waals surface area contributed by atoms with Gasteiger partial charge in [0.05, 0.1) is 5.69 Å². The minimum atomic E-state index is -2.17. The highest BCUT2D eigenvalue weighted by atomic mass is 16.7. The molecule has 1 saturated carbocycles. The molecule has 2 fully saturated rings. The molecule has 4 bridgehead atoms. The Kier molecular flexibility index (Phi) is 3.92. The molecule has 2 heterocycles. The molecule has 7 heteroatoms. The van der Waals surface area contributed by atoms with Gasteiger partial charge in [-0.2, -0.15) is 0 Å². The molecule has 156 valence electrons. The van der Waals surface area contributed by atoms with Gasteiger partial charge in [-0.1, -0.05) is 43.3 Å². The zero-order valence-corrected chi connectivity index (χ0v) is 16.7. The summed E-state index contributed by atoms with van der Waals surface area (Å²) in [4.78, 5) is 27.6. The van der Waals surface area contributed by atoms with Crippen LogP contribution in [0.25, 0.3) is 0 Å². The summed E-state index contributed by atoms with van der Waals surface area (Å²) in [5.41, 5.74) is -4.33. The number of epoxide rings is 1. The Hall–Kier alpha value is -3.52. The quantitative estimate of drug-likeness (QED) is 0.432. The fraction of sp³-hybridized carbons (Fsp3) is 0.333. The number of Topliss-reactive ketones (excluding diaryl/α,β-unsaturated/α-hetero) is 1. The molecule has 1 saturated heterocycles. The van der Waals surface area contributed by atoms with Crippen LogP contribution in [0.15, 0.2) is 43.0 Å². The third-order valence-electron chi connectivity index (χ3n) is 6.50. The van der Waals surface area contributed by atoms with Gasteiger partial charge in [-0.25, -0.2) is 4.79 Å². The Morgan fingerprint density at radius 3 is 2.97 bits per heavy atom. The van der Waals surface area contributed by atoms with E-state index in [9.17, 15) is 19.8 Å². The lowest BCUT2D eigenvalue weighted by molar-refractivity contribution is -0.141. The van der Waals surface area contributed by atoms with Crippen molar-refractivity contribution in [3.63, 3.8) is 0 Å². The van der Waals surface area contributed by atoms with Gasteiger partial charge in [0.15, 0.2) is 11.4 Å². The van der Waals surface area contributed by atoms with Crippen LogP contribution in [0.1, 0.15) is 18.9 Å². The van der Waals surface area contributed by atoms with Crippen LogP contribution >= 0.6 is 0 Å². The first-order valence-corrected chi connectivity index (χ1v) is 9.88. The summed E-state index contributed by atoms with van der Waals surface area (Å²) in [5, 5.41) is 21.9. The van der Waals surface area contributed by atoms with Gasteiger partial charge in [-0.3, -0.25) is 9.69 Å². The second kappa shape index (κ2) is 6.24. The van der Waals surface area contributed by atoms with E-state index in [0.29, 0.717) is 11.3 Å². The predicted octanol–water partition coefficient (Wildman–Crippen LogP) is 1.78. The molecule has 2 N–H and O–H groups in total. The van der Waals surface area contributed by atoms with Crippen molar-refractivity contribution in [3.05, 3.63) is 48.6 Å². The fourth-order valence-corrected chi connectivity index (χ4v) is 5.22. The number of fused-ring (bicyclic) bond motifs is 1. The van der Waals surface area contributed by atoms with Crippen LogP contribution in [-0.4, -0.2) is 45.9 Å². The lowest BCUT2D eigenvalue weighted by atomic mass is 9.57. The number of nitrogens with zero attached hydrogens (tertiary/aromatic N) is 1. The SMILES string of the molecule is C=CCOC(=O)N1c2ccc(O)cc2C23OC24C(C)CC(=O)C3(O)C#CC=CC#CC14. The maximum absolute atomic E-state index is 13.1. The Labute approximate surface area is 178 Å². The van der Waals surface area contributed by atoms with E-state index in [0.717, 1.165) is 0 Å². The number of carbonyl (C=O) groups excluding carboxylic acids is 2. The Bertz CT molecular complexity index is 1200. The van der Waals surface area contributed by atoms with Crippen molar-refractivity contribution in [2.75, 3.05) is 11.5 Å². The maximum atomic E-state index is 13.1. The summed E-state index contributed by atoms with van der Waals surface area (Å²) < 4.78 is 11.7.